The molecule has 0 atom stereocenters. The molecule has 2 aromatic rings. The molecule has 2 aromatic carbocycles. The molecule has 0 radical (unpaired) electrons. The molecule has 0 aliphatic rings. The van der Waals surface area contributed by atoms with E-state index >= 15 is 0 Å². The molecule has 1 amide bonds. The Morgan fingerprint density at radius 2 is 1.86 bits per heavy atom. The molecule has 0 saturated heterocycles. The fraction of sp³-hybridized carbons (Fsp3) is 0.133. The van der Waals surface area contributed by atoms with Crippen LogP contribution in [0.15, 0.2) is 36.4 Å². The maximum atomic E-state index is 11.9. The Morgan fingerprint density at radius 1 is 1.19 bits per heavy atom. The van der Waals surface area contributed by atoms with E-state index in [2.05, 4.69) is 5.32 Å². The van der Waals surface area contributed by atoms with Crippen LogP contribution in [-0.4, -0.2) is 12.5 Å². The number of aryl methyl sites for hydroxylation is 1. The third-order valence-corrected chi connectivity index (χ3v) is 3.27. The van der Waals surface area contributed by atoms with E-state index in [1.54, 1.807) is 30.3 Å². The van der Waals surface area contributed by atoms with Gasteiger partial charge >= 0.3 is 0 Å². The van der Waals surface area contributed by atoms with Crippen LogP contribution in [0, 0.1) is 6.92 Å². The van der Waals surface area contributed by atoms with E-state index in [4.69, 9.17) is 33.7 Å². The van der Waals surface area contributed by atoms with Gasteiger partial charge in [0.1, 0.15) is 5.75 Å². The molecule has 2 rings (SSSR count). The molecular formula is C15H14Cl2N2O2. The normalized spacial score (nSPS) is 10.2. The van der Waals surface area contributed by atoms with Gasteiger partial charge in [0, 0.05) is 10.0 Å². The number of nitrogens with two attached hydrogens (primary N) is 1. The van der Waals surface area contributed by atoms with Crippen LogP contribution < -0.4 is 15.8 Å². The summed E-state index contributed by atoms with van der Waals surface area (Å²) >= 11 is 11.7. The van der Waals surface area contributed by atoms with Crippen molar-refractivity contribution in [3.05, 3.63) is 52.0 Å². The van der Waals surface area contributed by atoms with E-state index < -0.39 is 0 Å². The predicted octanol–water partition coefficient (Wildman–Crippen LogP) is 3.90. The fourth-order valence-electron chi connectivity index (χ4n) is 1.70. The average molecular weight is 325 g/mol. The number of amides is 1. The summed E-state index contributed by atoms with van der Waals surface area (Å²) in [4.78, 5) is 11.9. The second-order valence-electron chi connectivity index (χ2n) is 4.48. The van der Waals surface area contributed by atoms with Crippen molar-refractivity contribution in [1.29, 1.82) is 0 Å². The minimum Gasteiger partial charge on any atom is -0.483 e. The number of carbonyl (C=O) groups excluding carboxylic acids is 1. The first-order valence-corrected chi connectivity index (χ1v) is 6.95. The molecule has 0 aliphatic heterocycles. The molecule has 0 bridgehead atoms. The molecule has 0 saturated carbocycles. The third kappa shape index (κ3) is 4.28. The van der Waals surface area contributed by atoms with Crippen molar-refractivity contribution in [3.63, 3.8) is 0 Å². The van der Waals surface area contributed by atoms with E-state index in [0.717, 1.165) is 5.56 Å². The van der Waals surface area contributed by atoms with E-state index in [1.165, 1.54) is 0 Å². The summed E-state index contributed by atoms with van der Waals surface area (Å²) in [5.41, 5.74) is 7.55. The van der Waals surface area contributed by atoms with E-state index in [1.807, 2.05) is 13.0 Å². The number of halogens is 2. The van der Waals surface area contributed by atoms with E-state index in [-0.39, 0.29) is 12.5 Å². The van der Waals surface area contributed by atoms with Crippen LogP contribution >= 0.6 is 23.2 Å². The number of hydrogen-bond donors (Lipinski definition) is 2. The number of hydrogen-bond acceptors (Lipinski definition) is 3. The van der Waals surface area contributed by atoms with Crippen LogP contribution in [0.3, 0.4) is 0 Å². The Labute approximate surface area is 132 Å². The summed E-state index contributed by atoms with van der Waals surface area (Å²) in [6.45, 7) is 1.73. The van der Waals surface area contributed by atoms with Crippen LogP contribution in [0.1, 0.15) is 5.56 Å². The summed E-state index contributed by atoms with van der Waals surface area (Å²) in [6.07, 6.45) is 0. The standard InChI is InChI=1S/C15H14Cl2N2O2/c1-9-2-3-11(17)7-14(9)21-8-15(20)19-13-6-10(16)4-5-12(13)18/h2-7H,8,18H2,1H3,(H,19,20). The zero-order valence-corrected chi connectivity index (χ0v) is 12.8. The second kappa shape index (κ2) is 6.70. The van der Waals surface area contributed by atoms with Gasteiger partial charge in [-0.05, 0) is 42.8 Å². The summed E-state index contributed by atoms with van der Waals surface area (Å²) < 4.78 is 5.45. The fourth-order valence-corrected chi connectivity index (χ4v) is 2.03. The first-order chi connectivity index (χ1) is 9.95. The third-order valence-electron chi connectivity index (χ3n) is 2.80. The van der Waals surface area contributed by atoms with E-state index in [9.17, 15) is 4.79 Å². The van der Waals surface area contributed by atoms with Crippen molar-refractivity contribution in [3.8, 4) is 5.75 Å². The van der Waals surface area contributed by atoms with Crippen LogP contribution in [0.5, 0.6) is 5.75 Å². The zero-order chi connectivity index (χ0) is 15.4. The average Bonchev–Trinajstić information content (AvgIpc) is 2.44. The molecule has 0 fully saturated rings. The molecule has 110 valence electrons. The van der Waals surface area contributed by atoms with Gasteiger partial charge in [-0.25, -0.2) is 0 Å². The number of rotatable bonds is 4. The van der Waals surface area contributed by atoms with Gasteiger partial charge in [0.05, 0.1) is 11.4 Å². The molecule has 3 N–H and O–H groups in total. The summed E-state index contributed by atoms with van der Waals surface area (Å²) in [5.74, 6) is 0.236. The number of ether oxygens (including phenoxy) is 1. The Kier molecular flexibility index (Phi) is 4.94. The number of nitrogen functional groups attached to an aromatic ring is 1. The Balaban J connectivity index is 1.99. The number of nitrogens with one attached hydrogen (secondary N) is 1. The predicted molar refractivity (Wildman–Crippen MR) is 86.2 cm³/mol. The van der Waals surface area contributed by atoms with Crippen molar-refractivity contribution < 1.29 is 9.53 Å². The van der Waals surface area contributed by atoms with Crippen molar-refractivity contribution in [1.82, 2.24) is 0 Å². The highest BCUT2D eigenvalue weighted by atomic mass is 35.5. The quantitative estimate of drug-likeness (QED) is 0.838. The maximum absolute atomic E-state index is 11.9. The molecule has 21 heavy (non-hydrogen) atoms. The highest BCUT2D eigenvalue weighted by molar-refractivity contribution is 6.31. The Hall–Kier alpha value is -1.91. The van der Waals surface area contributed by atoms with Gasteiger partial charge in [0.15, 0.2) is 6.61 Å². The smallest absolute Gasteiger partial charge is 0.262 e. The molecule has 0 spiro atoms. The van der Waals surface area contributed by atoms with Gasteiger partial charge in [-0.3, -0.25) is 4.79 Å². The molecular weight excluding hydrogens is 311 g/mol. The Morgan fingerprint density at radius 3 is 2.62 bits per heavy atom. The Bertz CT molecular complexity index is 675. The highest BCUT2D eigenvalue weighted by Gasteiger charge is 2.08. The zero-order valence-electron chi connectivity index (χ0n) is 11.3. The monoisotopic (exact) mass is 324 g/mol. The van der Waals surface area contributed by atoms with Crippen molar-refractivity contribution >= 4 is 40.5 Å². The first kappa shape index (κ1) is 15.5. The SMILES string of the molecule is Cc1ccc(Cl)cc1OCC(=O)Nc1cc(Cl)ccc1N. The molecule has 4 nitrogen and oxygen atoms in total. The van der Waals surface area contributed by atoms with Crippen molar-refractivity contribution in [2.75, 3.05) is 17.7 Å². The number of benzene rings is 2. The second-order valence-corrected chi connectivity index (χ2v) is 5.35. The maximum Gasteiger partial charge on any atom is 0.262 e. The lowest BCUT2D eigenvalue weighted by molar-refractivity contribution is -0.118. The molecule has 6 heteroatoms. The topological polar surface area (TPSA) is 64.3 Å². The summed E-state index contributed by atoms with van der Waals surface area (Å²) in [7, 11) is 0. The molecule has 0 aromatic heterocycles. The van der Waals surface area contributed by atoms with Crippen LogP contribution in [0.4, 0.5) is 11.4 Å². The number of anilines is 2. The molecule has 0 unspecified atom stereocenters. The molecule has 0 aliphatic carbocycles. The van der Waals surface area contributed by atoms with Crippen LogP contribution in [-0.2, 0) is 4.79 Å². The largest absolute Gasteiger partial charge is 0.483 e. The number of carbonyl (C=O) groups is 1. The van der Waals surface area contributed by atoms with Gasteiger partial charge < -0.3 is 15.8 Å². The van der Waals surface area contributed by atoms with Crippen molar-refractivity contribution in [2.45, 2.75) is 6.92 Å². The van der Waals surface area contributed by atoms with Gasteiger partial charge in [-0.2, -0.15) is 0 Å². The lowest BCUT2D eigenvalue weighted by Gasteiger charge is -2.11. The van der Waals surface area contributed by atoms with Crippen LogP contribution in [0.2, 0.25) is 10.0 Å². The van der Waals surface area contributed by atoms with Crippen molar-refractivity contribution in [2.24, 2.45) is 0 Å². The highest BCUT2D eigenvalue weighted by Crippen LogP contribution is 2.24. The minimum absolute atomic E-state index is 0.146. The van der Waals surface area contributed by atoms with Crippen LogP contribution in [0.25, 0.3) is 0 Å². The summed E-state index contributed by atoms with van der Waals surface area (Å²) in [6, 6.07) is 10.1. The minimum atomic E-state index is -0.330. The summed E-state index contributed by atoms with van der Waals surface area (Å²) in [5, 5.41) is 3.69. The lowest BCUT2D eigenvalue weighted by Crippen LogP contribution is -2.21. The van der Waals surface area contributed by atoms with Gasteiger partial charge in [0.25, 0.3) is 5.91 Å². The van der Waals surface area contributed by atoms with Gasteiger partial charge in [-0.15, -0.1) is 0 Å². The van der Waals surface area contributed by atoms with E-state index in [0.29, 0.717) is 27.2 Å². The first-order valence-electron chi connectivity index (χ1n) is 6.19. The van der Waals surface area contributed by atoms with Gasteiger partial charge in [-0.1, -0.05) is 29.3 Å². The molecule has 0 heterocycles. The lowest BCUT2D eigenvalue weighted by atomic mass is 10.2. The van der Waals surface area contributed by atoms with Gasteiger partial charge in [0.2, 0.25) is 0 Å².